The summed E-state index contributed by atoms with van der Waals surface area (Å²) in [5, 5.41) is 10.8. The first-order valence-corrected chi connectivity index (χ1v) is 15.0. The summed E-state index contributed by atoms with van der Waals surface area (Å²) < 4.78 is 29.6. The number of fused-ring (bicyclic) bond motifs is 9. The van der Waals surface area contributed by atoms with Gasteiger partial charge in [-0.1, -0.05) is 13.0 Å². The smallest absolute Gasteiger partial charge is 0.308 e. The maximum atomic E-state index is 12.7. The van der Waals surface area contributed by atoms with Gasteiger partial charge in [-0.05, 0) is 69.3 Å². The average molecular weight is 590 g/mol. The molecule has 10 heteroatoms. The lowest BCUT2D eigenvalue weighted by molar-refractivity contribution is -0.149. The molecule has 6 rings (SSSR count). The van der Waals surface area contributed by atoms with E-state index in [-0.39, 0.29) is 37.5 Å². The lowest BCUT2D eigenvalue weighted by Crippen LogP contribution is -2.68. The molecule has 0 aromatic heterocycles. The molecular weight excluding hydrogens is 550 g/mol. The van der Waals surface area contributed by atoms with Crippen LogP contribution in [0.4, 0.5) is 0 Å². The molecule has 5 atom stereocenters. The zero-order chi connectivity index (χ0) is 30.7. The number of nitrogens with zero attached hydrogens (tertiary/aromatic N) is 3. The average Bonchev–Trinajstić information content (AvgIpc) is 3.45. The highest BCUT2D eigenvalue weighted by Crippen LogP contribution is 2.57. The van der Waals surface area contributed by atoms with Crippen LogP contribution >= 0.6 is 0 Å². The molecule has 2 aromatic rings. The van der Waals surface area contributed by atoms with Gasteiger partial charge >= 0.3 is 11.9 Å². The fourth-order valence-electron chi connectivity index (χ4n) is 8.06. The molecule has 0 amide bonds. The summed E-state index contributed by atoms with van der Waals surface area (Å²) in [6.45, 7) is 9.40. The van der Waals surface area contributed by atoms with Gasteiger partial charge in [-0.15, -0.1) is 0 Å². The second-order valence-corrected chi connectivity index (χ2v) is 12.1. The summed E-state index contributed by atoms with van der Waals surface area (Å²) in [6, 6.07) is 3.43. The zero-order valence-corrected chi connectivity index (χ0v) is 25.9. The predicted octanol–water partition coefficient (Wildman–Crippen LogP) is 4.39. The van der Waals surface area contributed by atoms with Crippen molar-refractivity contribution in [2.24, 2.45) is 0 Å². The van der Waals surface area contributed by atoms with E-state index >= 15 is 0 Å². The third kappa shape index (κ3) is 4.44. The van der Waals surface area contributed by atoms with Crippen LogP contribution in [0.2, 0.25) is 0 Å². The Labute approximate surface area is 252 Å². The topological polar surface area (TPSA) is 111 Å². The van der Waals surface area contributed by atoms with E-state index in [0.29, 0.717) is 48.5 Å². The van der Waals surface area contributed by atoms with Crippen LogP contribution in [-0.2, 0) is 27.2 Å². The number of nitriles is 1. The molecule has 0 spiro atoms. The number of rotatable bonds is 6. The highest BCUT2D eigenvalue weighted by molar-refractivity contribution is 5.74. The Balaban J connectivity index is 1.60. The molecule has 4 heterocycles. The number of carbonyl (C=O) groups is 2. The van der Waals surface area contributed by atoms with Crippen molar-refractivity contribution < 1.29 is 33.3 Å². The minimum absolute atomic E-state index is 0.0271. The largest absolute Gasteiger partial charge is 0.496 e. The highest BCUT2D eigenvalue weighted by atomic mass is 16.7. The molecule has 2 bridgehead atoms. The predicted molar refractivity (Wildman–Crippen MR) is 156 cm³/mol. The van der Waals surface area contributed by atoms with Crippen LogP contribution in [0, 0.1) is 32.1 Å². The van der Waals surface area contributed by atoms with E-state index in [1.165, 1.54) is 18.1 Å². The van der Waals surface area contributed by atoms with Gasteiger partial charge in [0.2, 0.25) is 6.79 Å². The number of esters is 2. The van der Waals surface area contributed by atoms with Crippen LogP contribution in [0.5, 0.6) is 23.0 Å². The zero-order valence-electron chi connectivity index (χ0n) is 25.9. The maximum Gasteiger partial charge on any atom is 0.308 e. The molecule has 1 fully saturated rings. The number of ether oxygens (including phenoxy) is 5. The molecule has 0 radical (unpaired) electrons. The normalized spacial score (nSPS) is 25.2. The lowest BCUT2D eigenvalue weighted by atomic mass is 9.71. The molecule has 2 aromatic carbocycles. The highest BCUT2D eigenvalue weighted by Gasteiger charge is 2.56. The van der Waals surface area contributed by atoms with E-state index < -0.39 is 18.1 Å². The molecule has 0 N–H and O–H groups in total. The summed E-state index contributed by atoms with van der Waals surface area (Å²) in [6.07, 6.45) is 2.16. The molecule has 228 valence electrons. The van der Waals surface area contributed by atoms with Gasteiger partial charge in [0.05, 0.1) is 25.3 Å². The van der Waals surface area contributed by atoms with Crippen molar-refractivity contribution in [1.29, 1.82) is 5.26 Å². The Morgan fingerprint density at radius 2 is 1.81 bits per heavy atom. The molecule has 43 heavy (non-hydrogen) atoms. The van der Waals surface area contributed by atoms with Crippen molar-refractivity contribution in [2.45, 2.75) is 90.5 Å². The number of piperazine rings is 1. The van der Waals surface area contributed by atoms with E-state index in [9.17, 15) is 14.9 Å². The number of hydrogen-bond donors (Lipinski definition) is 0. The van der Waals surface area contributed by atoms with Gasteiger partial charge < -0.3 is 23.7 Å². The number of methoxy groups -OCH3 is 1. The monoisotopic (exact) mass is 589 g/mol. The lowest BCUT2D eigenvalue weighted by Gasteiger charge is -2.60. The van der Waals surface area contributed by atoms with Crippen LogP contribution in [0.1, 0.15) is 77.7 Å². The quantitative estimate of drug-likeness (QED) is 0.355. The van der Waals surface area contributed by atoms with Gasteiger partial charge in [0, 0.05) is 42.1 Å². The first-order valence-electron chi connectivity index (χ1n) is 15.0. The molecule has 4 aliphatic heterocycles. The van der Waals surface area contributed by atoms with Crippen molar-refractivity contribution in [2.75, 3.05) is 27.6 Å². The Bertz CT molecular complexity index is 1550. The van der Waals surface area contributed by atoms with Gasteiger partial charge in [-0.2, -0.15) is 5.26 Å². The van der Waals surface area contributed by atoms with E-state index in [0.717, 1.165) is 28.0 Å². The van der Waals surface area contributed by atoms with Crippen LogP contribution in [-0.4, -0.2) is 67.4 Å². The summed E-state index contributed by atoms with van der Waals surface area (Å²) >= 11 is 0. The van der Waals surface area contributed by atoms with Crippen LogP contribution in [0.25, 0.3) is 0 Å². The Kier molecular flexibility index (Phi) is 7.51. The van der Waals surface area contributed by atoms with E-state index in [2.05, 4.69) is 42.8 Å². The van der Waals surface area contributed by atoms with Crippen molar-refractivity contribution in [1.82, 2.24) is 9.80 Å². The Morgan fingerprint density at radius 1 is 1.07 bits per heavy atom. The summed E-state index contributed by atoms with van der Waals surface area (Å²) in [7, 11) is 3.79. The van der Waals surface area contributed by atoms with Crippen molar-refractivity contribution in [3.05, 3.63) is 45.0 Å². The van der Waals surface area contributed by atoms with Crippen molar-refractivity contribution >= 4 is 11.9 Å². The molecule has 4 aliphatic rings. The molecular formula is C33H39N3O7. The van der Waals surface area contributed by atoms with Crippen LogP contribution in [0.15, 0.2) is 6.07 Å². The Hall–Kier alpha value is -3.81. The second kappa shape index (κ2) is 11.0. The van der Waals surface area contributed by atoms with Gasteiger partial charge in [0.15, 0.2) is 11.5 Å². The molecule has 0 aliphatic carbocycles. The third-order valence-electron chi connectivity index (χ3n) is 9.64. The van der Waals surface area contributed by atoms with Gasteiger partial charge in [-0.3, -0.25) is 19.4 Å². The SMILES string of the molecule is CCCC(=O)OC[C@H]1c2c(c(OC(C)=O)c(C)c3c2OCO3)CC2[C@H]3c4c(cc(C)c(OC)c4C)C[C@H]([C@H](C#N)N21)N3C. The minimum Gasteiger partial charge on any atom is -0.496 e. The number of carbonyl (C=O) groups excluding carboxylic acids is 2. The standard InChI is InChI=1S/C33H39N3O7/c1-8-9-26(38)40-14-25-28-21(31(43-19(5)37)18(4)32-33(28)42-15-41-32)12-23-29-27-17(3)30(39-7)16(2)10-20(27)11-22(35(29)6)24(13-34)36(23)25/h10,22-25,29H,8-9,11-12,14-15H2,1-7H3/t22-,23?,24+,25+,29+/m1/s1. The summed E-state index contributed by atoms with van der Waals surface area (Å²) in [5.41, 5.74) is 6.85. The van der Waals surface area contributed by atoms with E-state index in [1.54, 1.807) is 7.11 Å². The van der Waals surface area contributed by atoms with Crippen LogP contribution < -0.4 is 18.9 Å². The molecule has 1 unspecified atom stereocenters. The number of aryl methyl sites for hydroxylation is 1. The maximum absolute atomic E-state index is 12.7. The van der Waals surface area contributed by atoms with Crippen LogP contribution in [0.3, 0.4) is 0 Å². The summed E-state index contributed by atoms with van der Waals surface area (Å²) in [4.78, 5) is 29.7. The molecule has 1 saturated heterocycles. The number of benzene rings is 2. The van der Waals surface area contributed by atoms with Gasteiger partial charge in [-0.25, -0.2) is 0 Å². The molecule has 0 saturated carbocycles. The van der Waals surface area contributed by atoms with Gasteiger partial charge in [0.1, 0.15) is 24.1 Å². The first-order chi connectivity index (χ1) is 20.6. The minimum atomic E-state index is -0.516. The van der Waals surface area contributed by atoms with Gasteiger partial charge in [0.25, 0.3) is 0 Å². The van der Waals surface area contributed by atoms with E-state index in [1.807, 2.05) is 13.8 Å². The first kappa shape index (κ1) is 29.3. The fraction of sp³-hybridized carbons (Fsp3) is 0.545. The summed E-state index contributed by atoms with van der Waals surface area (Å²) in [5.74, 6) is 1.66. The van der Waals surface area contributed by atoms with Crippen molar-refractivity contribution in [3.8, 4) is 29.1 Å². The Morgan fingerprint density at radius 3 is 2.49 bits per heavy atom. The fourth-order valence-corrected chi connectivity index (χ4v) is 8.06. The third-order valence-corrected chi connectivity index (χ3v) is 9.64. The van der Waals surface area contributed by atoms with Crippen molar-refractivity contribution in [3.63, 3.8) is 0 Å². The number of hydrogen-bond acceptors (Lipinski definition) is 10. The second-order valence-electron chi connectivity index (χ2n) is 12.1. The van der Waals surface area contributed by atoms with E-state index in [4.69, 9.17) is 23.7 Å². The molecule has 10 nitrogen and oxygen atoms in total. The number of likely N-dealkylation sites (N-methyl/N-ethyl adjacent to an activating group) is 1.